The van der Waals surface area contributed by atoms with Gasteiger partial charge in [0.15, 0.2) is 0 Å². The van der Waals surface area contributed by atoms with Gasteiger partial charge in [-0.05, 0) is 31.9 Å². The van der Waals surface area contributed by atoms with E-state index in [1.165, 1.54) is 5.69 Å². The molecule has 0 spiro atoms. The lowest BCUT2D eigenvalue weighted by atomic mass is 10.1. The van der Waals surface area contributed by atoms with Crippen LogP contribution in [0.4, 0.5) is 5.69 Å². The van der Waals surface area contributed by atoms with Crippen molar-refractivity contribution in [1.29, 1.82) is 0 Å². The largest absolute Gasteiger partial charge is 0.494 e. The van der Waals surface area contributed by atoms with E-state index in [0.717, 1.165) is 31.7 Å². The van der Waals surface area contributed by atoms with E-state index in [2.05, 4.69) is 17.0 Å². The minimum absolute atomic E-state index is 0.119. The lowest BCUT2D eigenvalue weighted by Crippen LogP contribution is -2.35. The van der Waals surface area contributed by atoms with Crippen molar-refractivity contribution in [2.45, 2.75) is 25.9 Å². The zero-order chi connectivity index (χ0) is 11.4. The van der Waals surface area contributed by atoms with E-state index in [0.29, 0.717) is 6.61 Å². The number of aliphatic hydroxyl groups is 1. The van der Waals surface area contributed by atoms with Crippen molar-refractivity contribution in [3.05, 3.63) is 24.3 Å². The van der Waals surface area contributed by atoms with Crippen LogP contribution in [0.15, 0.2) is 24.3 Å². The summed E-state index contributed by atoms with van der Waals surface area (Å²) in [7, 11) is 0. The molecular formula is C13H19NO2. The second-order valence-electron chi connectivity index (χ2n) is 4.15. The monoisotopic (exact) mass is 221 g/mol. The molecule has 16 heavy (non-hydrogen) atoms. The highest BCUT2D eigenvalue weighted by atomic mass is 16.5. The van der Waals surface area contributed by atoms with Crippen molar-refractivity contribution < 1.29 is 9.84 Å². The lowest BCUT2D eigenvalue weighted by Gasteiger charge is -2.31. The van der Waals surface area contributed by atoms with Gasteiger partial charge in [0.05, 0.1) is 12.7 Å². The second-order valence-corrected chi connectivity index (χ2v) is 4.15. The summed E-state index contributed by atoms with van der Waals surface area (Å²) in [6.07, 6.45) is 1.60. The first-order valence-electron chi connectivity index (χ1n) is 5.95. The number of rotatable bonds is 3. The predicted molar refractivity (Wildman–Crippen MR) is 65.1 cm³/mol. The Morgan fingerprint density at radius 3 is 2.81 bits per heavy atom. The minimum Gasteiger partial charge on any atom is -0.494 e. The van der Waals surface area contributed by atoms with Gasteiger partial charge in [0, 0.05) is 24.8 Å². The molecule has 0 amide bonds. The molecule has 1 aliphatic rings. The summed E-state index contributed by atoms with van der Waals surface area (Å²) >= 11 is 0. The molecule has 3 heteroatoms. The average Bonchev–Trinajstić information content (AvgIpc) is 2.31. The molecule has 1 fully saturated rings. The SMILES string of the molecule is CCOc1cccc(N2CCC(O)CC2)c1. The number of anilines is 1. The zero-order valence-electron chi connectivity index (χ0n) is 9.72. The first-order chi connectivity index (χ1) is 7.79. The van der Waals surface area contributed by atoms with Gasteiger partial charge in [0.1, 0.15) is 5.75 Å². The van der Waals surface area contributed by atoms with E-state index in [1.807, 2.05) is 19.1 Å². The predicted octanol–water partition coefficient (Wildman–Crippen LogP) is 2.05. The number of nitrogens with zero attached hydrogens (tertiary/aromatic N) is 1. The van der Waals surface area contributed by atoms with Crippen LogP contribution in [0.3, 0.4) is 0 Å². The van der Waals surface area contributed by atoms with Gasteiger partial charge in [-0.25, -0.2) is 0 Å². The van der Waals surface area contributed by atoms with Gasteiger partial charge >= 0.3 is 0 Å². The fraction of sp³-hybridized carbons (Fsp3) is 0.538. The van der Waals surface area contributed by atoms with Gasteiger partial charge in [0.2, 0.25) is 0 Å². The van der Waals surface area contributed by atoms with E-state index < -0.39 is 0 Å². The molecule has 0 unspecified atom stereocenters. The van der Waals surface area contributed by atoms with Crippen molar-refractivity contribution in [1.82, 2.24) is 0 Å². The van der Waals surface area contributed by atoms with E-state index >= 15 is 0 Å². The first kappa shape index (κ1) is 11.3. The first-order valence-corrected chi connectivity index (χ1v) is 5.95. The third-order valence-corrected chi connectivity index (χ3v) is 2.96. The maximum absolute atomic E-state index is 9.46. The molecule has 3 nitrogen and oxygen atoms in total. The van der Waals surface area contributed by atoms with E-state index in [4.69, 9.17) is 4.74 Å². The molecular weight excluding hydrogens is 202 g/mol. The lowest BCUT2D eigenvalue weighted by molar-refractivity contribution is 0.145. The van der Waals surface area contributed by atoms with Gasteiger partial charge in [-0.3, -0.25) is 0 Å². The number of piperidine rings is 1. The molecule has 88 valence electrons. The van der Waals surface area contributed by atoms with Gasteiger partial charge < -0.3 is 14.7 Å². The molecule has 1 aromatic carbocycles. The Bertz CT molecular complexity index is 332. The fourth-order valence-electron chi connectivity index (χ4n) is 2.06. The summed E-state index contributed by atoms with van der Waals surface area (Å²) in [4.78, 5) is 2.30. The minimum atomic E-state index is -0.119. The number of ether oxygens (including phenoxy) is 1. The van der Waals surface area contributed by atoms with Crippen LogP contribution < -0.4 is 9.64 Å². The van der Waals surface area contributed by atoms with E-state index in [-0.39, 0.29) is 6.10 Å². The average molecular weight is 221 g/mol. The number of hydrogen-bond donors (Lipinski definition) is 1. The van der Waals surface area contributed by atoms with Gasteiger partial charge in [-0.2, -0.15) is 0 Å². The maximum atomic E-state index is 9.46. The molecule has 0 radical (unpaired) electrons. The van der Waals surface area contributed by atoms with Gasteiger partial charge in [-0.1, -0.05) is 6.07 Å². The molecule has 1 aliphatic heterocycles. The summed E-state index contributed by atoms with van der Waals surface area (Å²) in [6, 6.07) is 8.17. The number of hydrogen-bond acceptors (Lipinski definition) is 3. The van der Waals surface area contributed by atoms with E-state index in [9.17, 15) is 5.11 Å². The molecule has 1 N–H and O–H groups in total. The highest BCUT2D eigenvalue weighted by Crippen LogP contribution is 2.24. The Morgan fingerprint density at radius 1 is 1.38 bits per heavy atom. The van der Waals surface area contributed by atoms with Crippen LogP contribution in [-0.4, -0.2) is 30.9 Å². The van der Waals surface area contributed by atoms with Gasteiger partial charge in [0.25, 0.3) is 0 Å². The highest BCUT2D eigenvalue weighted by molar-refractivity contribution is 5.51. The summed E-state index contributed by atoms with van der Waals surface area (Å²) in [5, 5.41) is 9.46. The molecule has 0 aromatic heterocycles. The van der Waals surface area contributed by atoms with Crippen LogP contribution in [0, 0.1) is 0 Å². The fourth-order valence-corrected chi connectivity index (χ4v) is 2.06. The van der Waals surface area contributed by atoms with Crippen LogP contribution in [0.1, 0.15) is 19.8 Å². The molecule has 0 bridgehead atoms. The molecule has 0 atom stereocenters. The van der Waals surface area contributed by atoms with Crippen molar-refractivity contribution >= 4 is 5.69 Å². The summed E-state index contributed by atoms with van der Waals surface area (Å²) in [6.45, 7) is 4.54. The quantitative estimate of drug-likeness (QED) is 0.848. The van der Waals surface area contributed by atoms with Crippen LogP contribution in [0.25, 0.3) is 0 Å². The summed E-state index contributed by atoms with van der Waals surface area (Å²) < 4.78 is 5.48. The Morgan fingerprint density at radius 2 is 2.12 bits per heavy atom. The van der Waals surface area contributed by atoms with Crippen molar-refractivity contribution in [2.24, 2.45) is 0 Å². The highest BCUT2D eigenvalue weighted by Gasteiger charge is 2.17. The Labute approximate surface area is 96.6 Å². The molecule has 2 rings (SSSR count). The summed E-state index contributed by atoms with van der Waals surface area (Å²) in [5.41, 5.74) is 1.19. The third kappa shape index (κ3) is 2.67. The van der Waals surface area contributed by atoms with Crippen molar-refractivity contribution in [2.75, 3.05) is 24.6 Å². The smallest absolute Gasteiger partial charge is 0.121 e. The second kappa shape index (κ2) is 5.21. The number of aliphatic hydroxyl groups excluding tert-OH is 1. The normalized spacial score (nSPS) is 17.5. The molecule has 0 aliphatic carbocycles. The van der Waals surface area contributed by atoms with Gasteiger partial charge in [-0.15, -0.1) is 0 Å². The van der Waals surface area contributed by atoms with Crippen LogP contribution in [0.5, 0.6) is 5.75 Å². The molecule has 0 saturated carbocycles. The molecule has 1 aromatic rings. The van der Waals surface area contributed by atoms with Crippen LogP contribution >= 0.6 is 0 Å². The van der Waals surface area contributed by atoms with E-state index in [1.54, 1.807) is 0 Å². The zero-order valence-corrected chi connectivity index (χ0v) is 9.72. The molecule has 1 saturated heterocycles. The maximum Gasteiger partial charge on any atom is 0.121 e. The Hall–Kier alpha value is -1.22. The number of benzene rings is 1. The Kier molecular flexibility index (Phi) is 3.67. The topological polar surface area (TPSA) is 32.7 Å². The third-order valence-electron chi connectivity index (χ3n) is 2.96. The molecule has 1 heterocycles. The summed E-state index contributed by atoms with van der Waals surface area (Å²) in [5.74, 6) is 0.922. The van der Waals surface area contributed by atoms with Crippen molar-refractivity contribution in [3.63, 3.8) is 0 Å². The van der Waals surface area contributed by atoms with Crippen LogP contribution in [0.2, 0.25) is 0 Å². The van der Waals surface area contributed by atoms with Crippen LogP contribution in [-0.2, 0) is 0 Å². The standard InChI is InChI=1S/C13H19NO2/c1-2-16-13-5-3-4-11(10-13)14-8-6-12(15)7-9-14/h3-5,10,12,15H,2,6-9H2,1H3. The van der Waals surface area contributed by atoms with Crippen molar-refractivity contribution in [3.8, 4) is 5.75 Å². The Balaban J connectivity index is 2.05.